The van der Waals surface area contributed by atoms with Gasteiger partial charge in [0.2, 0.25) is 0 Å². The number of allylic oxidation sites excluding steroid dienone is 14. The first-order valence-corrected chi connectivity index (χ1v) is 21.1. The standard InChI is InChI=1S/C42H68NO10P/c1-3-5-7-9-11-13-15-16-17-18-19-20-21-22-24-26-28-30-32-34-41(45)53-38(36-51-54(48,49)52-37-39(43)42(46)47)35-50-40(44)33-31-29-27-25-23-14-12-10-8-6-4-2/h5,7,10-13,16-17,19-20,22,24,28,30,38-39H,3-4,6,8-9,14-15,18,21,23,25-27,29,31-37,43H2,1-2H3,(H,46,47)(H,48,49)/b7-5+,12-10+,13-11+,17-16+,20-19+,24-22+,30-28+/t38-,39-/m0/s1. The Morgan fingerprint density at radius 3 is 1.63 bits per heavy atom. The molecule has 1 unspecified atom stereocenters. The van der Waals surface area contributed by atoms with Crippen molar-refractivity contribution in [1.29, 1.82) is 0 Å². The zero-order chi connectivity index (χ0) is 40.0. The van der Waals surface area contributed by atoms with E-state index in [0.29, 0.717) is 19.3 Å². The molecule has 0 aliphatic rings. The predicted molar refractivity (Wildman–Crippen MR) is 217 cm³/mol. The van der Waals surface area contributed by atoms with Gasteiger partial charge in [-0.1, -0.05) is 131 Å². The van der Waals surface area contributed by atoms with Crippen molar-refractivity contribution in [2.75, 3.05) is 19.8 Å². The van der Waals surface area contributed by atoms with E-state index in [1.807, 2.05) is 18.2 Å². The Hall–Kier alpha value is -3.34. The van der Waals surface area contributed by atoms with Gasteiger partial charge in [0.05, 0.1) is 13.2 Å². The van der Waals surface area contributed by atoms with Gasteiger partial charge in [-0.25, -0.2) is 4.57 Å². The van der Waals surface area contributed by atoms with Crippen molar-refractivity contribution in [2.45, 2.75) is 142 Å². The molecule has 54 heavy (non-hydrogen) atoms. The van der Waals surface area contributed by atoms with Crippen LogP contribution in [0.15, 0.2) is 85.1 Å². The Morgan fingerprint density at radius 2 is 1.07 bits per heavy atom. The van der Waals surface area contributed by atoms with E-state index < -0.39 is 51.1 Å². The number of nitrogens with two attached hydrogens (primary N) is 1. The molecule has 0 amide bonds. The molecule has 0 aliphatic carbocycles. The van der Waals surface area contributed by atoms with Gasteiger partial charge in [-0.2, -0.15) is 0 Å². The lowest BCUT2D eigenvalue weighted by Gasteiger charge is -2.20. The zero-order valence-electron chi connectivity index (χ0n) is 32.8. The fourth-order valence-corrected chi connectivity index (χ4v) is 5.32. The highest BCUT2D eigenvalue weighted by Crippen LogP contribution is 2.43. The van der Waals surface area contributed by atoms with E-state index in [2.05, 4.69) is 85.2 Å². The Morgan fingerprint density at radius 1 is 0.593 bits per heavy atom. The summed E-state index contributed by atoms with van der Waals surface area (Å²) in [5, 5.41) is 8.86. The van der Waals surface area contributed by atoms with Crippen molar-refractivity contribution in [3.05, 3.63) is 85.1 Å². The molecular formula is C42H68NO10P. The number of unbranched alkanes of at least 4 members (excludes halogenated alkanes) is 7. The highest BCUT2D eigenvalue weighted by molar-refractivity contribution is 7.47. The lowest BCUT2D eigenvalue weighted by Crippen LogP contribution is -2.34. The summed E-state index contributed by atoms with van der Waals surface area (Å²) >= 11 is 0. The number of carboxylic acids is 1. The Kier molecular flexibility index (Phi) is 34.4. The van der Waals surface area contributed by atoms with Crippen molar-refractivity contribution in [3.63, 3.8) is 0 Å². The number of phosphoric ester groups is 1. The maximum Gasteiger partial charge on any atom is 0.472 e. The van der Waals surface area contributed by atoms with Crippen LogP contribution in [0, 0.1) is 0 Å². The molecular weight excluding hydrogens is 709 g/mol. The molecule has 0 aromatic rings. The van der Waals surface area contributed by atoms with Crippen LogP contribution in [0.3, 0.4) is 0 Å². The zero-order valence-corrected chi connectivity index (χ0v) is 33.7. The fourth-order valence-electron chi connectivity index (χ4n) is 4.54. The second-order valence-corrected chi connectivity index (χ2v) is 14.1. The minimum Gasteiger partial charge on any atom is -0.480 e. The number of ether oxygens (including phenoxy) is 2. The summed E-state index contributed by atoms with van der Waals surface area (Å²) in [5.41, 5.74) is 5.31. The summed E-state index contributed by atoms with van der Waals surface area (Å²) in [7, 11) is -4.74. The number of phosphoric acid groups is 1. The third-order valence-corrected chi connectivity index (χ3v) is 8.59. The van der Waals surface area contributed by atoms with Gasteiger partial charge in [-0.05, 0) is 70.6 Å². The van der Waals surface area contributed by atoms with Crippen LogP contribution >= 0.6 is 7.82 Å². The molecule has 12 heteroatoms. The molecule has 0 fully saturated rings. The van der Waals surface area contributed by atoms with Crippen LogP contribution in [0.2, 0.25) is 0 Å². The van der Waals surface area contributed by atoms with Crippen molar-refractivity contribution in [3.8, 4) is 0 Å². The van der Waals surface area contributed by atoms with Crippen LogP contribution < -0.4 is 5.73 Å². The molecule has 4 N–H and O–H groups in total. The number of carbonyl (C=O) groups excluding carboxylic acids is 2. The monoisotopic (exact) mass is 777 g/mol. The first kappa shape index (κ1) is 50.7. The van der Waals surface area contributed by atoms with E-state index >= 15 is 0 Å². The molecule has 0 bridgehead atoms. The third kappa shape index (κ3) is 35.7. The van der Waals surface area contributed by atoms with Gasteiger partial charge in [0.1, 0.15) is 12.6 Å². The van der Waals surface area contributed by atoms with Gasteiger partial charge < -0.3 is 25.2 Å². The molecule has 0 saturated heterocycles. The Labute approximate surface area is 324 Å². The molecule has 0 aliphatic heterocycles. The summed E-state index contributed by atoms with van der Waals surface area (Å²) < 4.78 is 32.5. The van der Waals surface area contributed by atoms with Gasteiger partial charge in [0.25, 0.3) is 0 Å². The van der Waals surface area contributed by atoms with Crippen LogP contribution in [0.1, 0.15) is 129 Å². The second kappa shape index (κ2) is 36.6. The lowest BCUT2D eigenvalue weighted by atomic mass is 10.1. The van der Waals surface area contributed by atoms with Gasteiger partial charge >= 0.3 is 25.7 Å². The van der Waals surface area contributed by atoms with Crippen LogP contribution in [-0.4, -0.2) is 59.9 Å². The second-order valence-electron chi connectivity index (χ2n) is 12.7. The molecule has 0 aromatic heterocycles. The normalized spacial score (nSPS) is 14.7. The van der Waals surface area contributed by atoms with E-state index in [4.69, 9.17) is 24.8 Å². The third-order valence-electron chi connectivity index (χ3n) is 7.64. The largest absolute Gasteiger partial charge is 0.480 e. The van der Waals surface area contributed by atoms with Crippen LogP contribution in [0.25, 0.3) is 0 Å². The van der Waals surface area contributed by atoms with E-state index in [0.717, 1.165) is 70.6 Å². The number of carboxylic acid groups (broad SMARTS) is 1. The summed E-state index contributed by atoms with van der Waals surface area (Å²) in [6.45, 7) is 2.53. The van der Waals surface area contributed by atoms with E-state index in [9.17, 15) is 23.8 Å². The minimum atomic E-state index is -4.74. The van der Waals surface area contributed by atoms with Crippen molar-refractivity contribution >= 4 is 25.7 Å². The van der Waals surface area contributed by atoms with E-state index in [1.54, 1.807) is 0 Å². The fraction of sp³-hybridized carbons (Fsp3) is 0.595. The van der Waals surface area contributed by atoms with Crippen LogP contribution in [0.5, 0.6) is 0 Å². The van der Waals surface area contributed by atoms with Crippen molar-refractivity contribution in [1.82, 2.24) is 0 Å². The molecule has 0 rings (SSSR count). The number of hydrogen-bond donors (Lipinski definition) is 3. The molecule has 0 aromatic carbocycles. The quantitative estimate of drug-likeness (QED) is 0.0242. The number of rotatable bonds is 35. The topological polar surface area (TPSA) is 172 Å². The summed E-state index contributed by atoms with van der Waals surface area (Å²) in [6, 6.07) is -1.54. The summed E-state index contributed by atoms with van der Waals surface area (Å²) in [6.07, 6.45) is 43.9. The number of esters is 2. The SMILES string of the molecule is CC/C=C/C/C=C/C/C=C/C/C=C/C/C=C/C/C=C/CCC(=O)O[C@@H](COC(=O)CCCCCCC/C=C/CCCC)COP(=O)(O)OC[C@H](N)C(=O)O. The molecule has 0 radical (unpaired) electrons. The van der Waals surface area contributed by atoms with Crippen molar-refractivity contribution in [2.24, 2.45) is 5.73 Å². The number of hydrogen-bond acceptors (Lipinski definition) is 9. The maximum absolute atomic E-state index is 12.5. The average molecular weight is 778 g/mol. The molecule has 11 nitrogen and oxygen atoms in total. The van der Waals surface area contributed by atoms with Gasteiger partial charge in [0.15, 0.2) is 6.10 Å². The minimum absolute atomic E-state index is 0.0297. The summed E-state index contributed by atoms with van der Waals surface area (Å²) in [5.74, 6) is -2.51. The molecule has 0 spiro atoms. The van der Waals surface area contributed by atoms with Gasteiger partial charge in [-0.3, -0.25) is 23.4 Å². The Bertz CT molecular complexity index is 1240. The highest BCUT2D eigenvalue weighted by atomic mass is 31.2. The molecule has 306 valence electrons. The Balaban J connectivity index is 4.58. The smallest absolute Gasteiger partial charge is 0.472 e. The van der Waals surface area contributed by atoms with E-state index in [-0.39, 0.29) is 19.4 Å². The first-order chi connectivity index (χ1) is 26.1. The number of carbonyl (C=O) groups is 3. The summed E-state index contributed by atoms with van der Waals surface area (Å²) in [4.78, 5) is 45.7. The predicted octanol–water partition coefficient (Wildman–Crippen LogP) is 9.94. The van der Waals surface area contributed by atoms with Gasteiger partial charge in [-0.15, -0.1) is 0 Å². The van der Waals surface area contributed by atoms with Crippen LogP contribution in [0.4, 0.5) is 0 Å². The molecule has 0 saturated carbocycles. The van der Waals surface area contributed by atoms with Crippen molar-refractivity contribution < 1.29 is 47.5 Å². The average Bonchev–Trinajstić information content (AvgIpc) is 3.14. The lowest BCUT2D eigenvalue weighted by molar-refractivity contribution is -0.161. The van der Waals surface area contributed by atoms with E-state index in [1.165, 1.54) is 12.8 Å². The highest BCUT2D eigenvalue weighted by Gasteiger charge is 2.28. The maximum atomic E-state index is 12.5. The van der Waals surface area contributed by atoms with Crippen LogP contribution in [-0.2, 0) is 37.5 Å². The first-order valence-electron chi connectivity index (χ1n) is 19.6. The molecule has 3 atom stereocenters. The van der Waals surface area contributed by atoms with Gasteiger partial charge in [0, 0.05) is 12.8 Å². The molecule has 0 heterocycles. The number of aliphatic carboxylic acids is 1.